The molecule has 1 aromatic carbocycles. The van der Waals surface area contributed by atoms with Crippen LogP contribution in [0.25, 0.3) is 0 Å². The van der Waals surface area contributed by atoms with E-state index in [-0.39, 0.29) is 5.60 Å². The number of nitrogens with two attached hydrogens (primary N) is 1. The maximum absolute atomic E-state index is 6.05. The van der Waals surface area contributed by atoms with Crippen molar-refractivity contribution in [2.24, 2.45) is 0 Å². The number of hydrogen-bond acceptors (Lipinski definition) is 5. The Morgan fingerprint density at radius 2 is 2.10 bits per heavy atom. The number of benzene rings is 1. The summed E-state index contributed by atoms with van der Waals surface area (Å²) in [5.41, 5.74) is 9.46. The molecule has 1 aromatic heterocycles. The first-order valence-corrected chi connectivity index (χ1v) is 7.11. The molecule has 112 valence electrons. The molecule has 0 spiro atoms. The maximum atomic E-state index is 6.05. The smallest absolute Gasteiger partial charge is 0.145 e. The van der Waals surface area contributed by atoms with Gasteiger partial charge < -0.3 is 19.9 Å². The second-order valence-electron chi connectivity index (χ2n) is 6.25. The zero-order valence-corrected chi connectivity index (χ0v) is 12.9. The van der Waals surface area contributed by atoms with Crippen LogP contribution in [0.2, 0.25) is 0 Å². The van der Waals surface area contributed by atoms with Crippen LogP contribution in [0.3, 0.4) is 0 Å². The molecule has 0 amide bonds. The first-order valence-electron chi connectivity index (χ1n) is 7.11. The number of fused-ring (bicyclic) bond motifs is 1. The summed E-state index contributed by atoms with van der Waals surface area (Å²) in [6.07, 6.45) is 0. The Morgan fingerprint density at radius 1 is 1.33 bits per heavy atom. The van der Waals surface area contributed by atoms with E-state index in [1.165, 1.54) is 0 Å². The van der Waals surface area contributed by atoms with Crippen molar-refractivity contribution in [3.63, 3.8) is 0 Å². The van der Waals surface area contributed by atoms with Gasteiger partial charge in [-0.15, -0.1) is 0 Å². The van der Waals surface area contributed by atoms with Gasteiger partial charge in [0.25, 0.3) is 0 Å². The summed E-state index contributed by atoms with van der Waals surface area (Å²) in [5.74, 6) is 1.70. The van der Waals surface area contributed by atoms with E-state index in [1.54, 1.807) is 0 Å². The fourth-order valence-electron chi connectivity index (χ4n) is 2.81. The first kappa shape index (κ1) is 13.8. The lowest BCUT2D eigenvalue weighted by Crippen LogP contribution is -2.46. The second-order valence-corrected chi connectivity index (χ2v) is 6.25. The molecule has 2 aromatic rings. The summed E-state index contributed by atoms with van der Waals surface area (Å²) in [5, 5.41) is 4.04. The van der Waals surface area contributed by atoms with E-state index >= 15 is 0 Å². The molecular formula is C16H21N3O2. The van der Waals surface area contributed by atoms with Crippen molar-refractivity contribution in [1.29, 1.82) is 0 Å². The Hall–Kier alpha value is -2.17. The zero-order valence-electron chi connectivity index (χ0n) is 12.9. The van der Waals surface area contributed by atoms with Gasteiger partial charge in [0.05, 0.1) is 17.9 Å². The molecule has 1 aliphatic heterocycles. The molecule has 0 aliphatic carbocycles. The molecule has 0 bridgehead atoms. The topological polar surface area (TPSA) is 64.5 Å². The fourth-order valence-corrected chi connectivity index (χ4v) is 2.81. The average molecular weight is 287 g/mol. The monoisotopic (exact) mass is 287 g/mol. The Labute approximate surface area is 124 Å². The highest BCUT2D eigenvalue weighted by Gasteiger charge is 2.32. The summed E-state index contributed by atoms with van der Waals surface area (Å²) in [7, 11) is 0. The Morgan fingerprint density at radius 3 is 2.76 bits per heavy atom. The zero-order chi connectivity index (χ0) is 15.2. The molecule has 0 atom stereocenters. The van der Waals surface area contributed by atoms with E-state index in [9.17, 15) is 0 Å². The van der Waals surface area contributed by atoms with Crippen molar-refractivity contribution in [2.45, 2.75) is 39.8 Å². The van der Waals surface area contributed by atoms with Crippen LogP contribution in [0.4, 0.5) is 11.4 Å². The third-order valence-corrected chi connectivity index (χ3v) is 3.81. The van der Waals surface area contributed by atoms with Crippen LogP contribution in [-0.4, -0.2) is 17.3 Å². The number of aromatic nitrogens is 1. The molecule has 2 N–H and O–H groups in total. The second kappa shape index (κ2) is 4.69. The molecule has 21 heavy (non-hydrogen) atoms. The van der Waals surface area contributed by atoms with Crippen molar-refractivity contribution in [3.8, 4) is 5.75 Å². The summed E-state index contributed by atoms with van der Waals surface area (Å²) >= 11 is 0. The molecule has 3 rings (SSSR count). The number of nitrogens with zero attached hydrogens (tertiary/aromatic N) is 2. The third kappa shape index (κ3) is 2.55. The molecule has 0 unspecified atom stereocenters. The molecule has 5 heteroatoms. The first-order chi connectivity index (χ1) is 9.85. The van der Waals surface area contributed by atoms with Crippen LogP contribution < -0.4 is 15.4 Å². The normalized spacial score (nSPS) is 16.5. The minimum Gasteiger partial charge on any atom is -0.484 e. The van der Waals surface area contributed by atoms with Crippen molar-refractivity contribution in [2.75, 3.05) is 17.2 Å². The van der Waals surface area contributed by atoms with Crippen LogP contribution in [0, 0.1) is 13.8 Å². The molecule has 2 heterocycles. The van der Waals surface area contributed by atoms with Crippen molar-refractivity contribution < 1.29 is 9.26 Å². The molecule has 0 radical (unpaired) electrons. The Bertz CT molecular complexity index is 657. The minimum atomic E-state index is -0.264. The van der Waals surface area contributed by atoms with Gasteiger partial charge in [-0.2, -0.15) is 0 Å². The van der Waals surface area contributed by atoms with Crippen LogP contribution >= 0.6 is 0 Å². The van der Waals surface area contributed by atoms with E-state index in [4.69, 9.17) is 15.0 Å². The molecule has 5 nitrogen and oxygen atoms in total. The number of rotatable bonds is 2. The Kier molecular flexibility index (Phi) is 3.08. The molecule has 0 saturated heterocycles. The minimum absolute atomic E-state index is 0.264. The summed E-state index contributed by atoms with van der Waals surface area (Å²) in [6.45, 7) is 9.64. The number of ether oxygens (including phenoxy) is 1. The lowest BCUT2D eigenvalue weighted by molar-refractivity contribution is 0.104. The van der Waals surface area contributed by atoms with Gasteiger partial charge in [0.2, 0.25) is 0 Å². The van der Waals surface area contributed by atoms with Crippen molar-refractivity contribution in [3.05, 3.63) is 35.2 Å². The SMILES string of the molecule is Cc1noc(C)c1CN1CC(C)(C)Oc2cc(N)ccc21. The predicted molar refractivity (Wildman–Crippen MR) is 82.6 cm³/mol. The van der Waals surface area contributed by atoms with Gasteiger partial charge in [0, 0.05) is 23.9 Å². The maximum Gasteiger partial charge on any atom is 0.145 e. The van der Waals surface area contributed by atoms with Crippen LogP contribution in [0.5, 0.6) is 5.75 Å². The van der Waals surface area contributed by atoms with E-state index in [2.05, 4.69) is 23.9 Å². The van der Waals surface area contributed by atoms with Crippen molar-refractivity contribution in [1.82, 2.24) is 5.16 Å². The number of hydrogen-bond donors (Lipinski definition) is 1. The largest absolute Gasteiger partial charge is 0.484 e. The summed E-state index contributed by atoms with van der Waals surface area (Å²) in [6, 6.07) is 5.80. The molecular weight excluding hydrogens is 266 g/mol. The van der Waals surface area contributed by atoms with E-state index < -0.39 is 0 Å². The lowest BCUT2D eigenvalue weighted by Gasteiger charge is -2.41. The third-order valence-electron chi connectivity index (χ3n) is 3.81. The highest BCUT2D eigenvalue weighted by Crippen LogP contribution is 2.39. The van der Waals surface area contributed by atoms with E-state index in [0.29, 0.717) is 5.69 Å². The van der Waals surface area contributed by atoms with E-state index in [1.807, 2.05) is 32.0 Å². The van der Waals surface area contributed by atoms with Gasteiger partial charge in [-0.3, -0.25) is 0 Å². The van der Waals surface area contributed by atoms with Gasteiger partial charge in [0.15, 0.2) is 0 Å². The van der Waals surface area contributed by atoms with Gasteiger partial charge in [-0.25, -0.2) is 0 Å². The van der Waals surface area contributed by atoms with Gasteiger partial charge in [0.1, 0.15) is 17.1 Å². The Balaban J connectivity index is 1.99. The number of aryl methyl sites for hydroxylation is 2. The number of nitrogen functional groups attached to an aromatic ring is 1. The van der Waals surface area contributed by atoms with Crippen molar-refractivity contribution >= 4 is 11.4 Å². The molecule has 0 saturated carbocycles. The average Bonchev–Trinajstić information content (AvgIpc) is 2.68. The summed E-state index contributed by atoms with van der Waals surface area (Å²) in [4.78, 5) is 2.30. The highest BCUT2D eigenvalue weighted by molar-refractivity contribution is 5.65. The summed E-state index contributed by atoms with van der Waals surface area (Å²) < 4.78 is 11.3. The highest BCUT2D eigenvalue weighted by atomic mass is 16.5. The molecule has 0 fully saturated rings. The van der Waals surface area contributed by atoms with Gasteiger partial charge in [-0.1, -0.05) is 5.16 Å². The predicted octanol–water partition coefficient (Wildman–Crippen LogP) is 3.05. The van der Waals surface area contributed by atoms with E-state index in [0.717, 1.165) is 41.5 Å². The van der Waals surface area contributed by atoms with Gasteiger partial charge in [-0.05, 0) is 39.8 Å². The van der Waals surface area contributed by atoms with Crippen LogP contribution in [-0.2, 0) is 6.54 Å². The quantitative estimate of drug-likeness (QED) is 0.860. The van der Waals surface area contributed by atoms with Crippen LogP contribution in [0.1, 0.15) is 30.9 Å². The van der Waals surface area contributed by atoms with Crippen LogP contribution in [0.15, 0.2) is 22.7 Å². The standard InChI is InChI=1S/C16H21N3O2/c1-10-13(11(2)21-18-10)8-19-9-16(3,4)20-15-7-12(17)5-6-14(15)19/h5-7H,8-9,17H2,1-4H3. The van der Waals surface area contributed by atoms with Gasteiger partial charge >= 0.3 is 0 Å². The number of anilines is 2. The lowest BCUT2D eigenvalue weighted by atomic mass is 10.0. The fraction of sp³-hybridized carbons (Fsp3) is 0.438. The molecule has 1 aliphatic rings.